The summed E-state index contributed by atoms with van der Waals surface area (Å²) in [6, 6.07) is 9.03. The molecule has 1 atom stereocenters. The number of amides is 2. The number of thioether (sulfide) groups is 1. The number of rotatable bonds is 6. The van der Waals surface area contributed by atoms with Crippen LogP contribution in [0.5, 0.6) is 0 Å². The predicted octanol–water partition coefficient (Wildman–Crippen LogP) is 3.04. The van der Waals surface area contributed by atoms with Gasteiger partial charge in [0.1, 0.15) is 0 Å². The van der Waals surface area contributed by atoms with Crippen LogP contribution in [0.1, 0.15) is 32.3 Å². The number of carbonyl (C=O) groups excluding carboxylic acids is 2. The summed E-state index contributed by atoms with van der Waals surface area (Å²) in [5.74, 6) is -0.226. The van der Waals surface area contributed by atoms with E-state index in [1.807, 2.05) is 6.07 Å². The molecular weight excluding hydrogens is 370 g/mol. The second kappa shape index (κ2) is 7.85. The molecule has 9 heteroatoms. The summed E-state index contributed by atoms with van der Waals surface area (Å²) in [6.45, 7) is 3.30. The Balaban J connectivity index is 1.62. The summed E-state index contributed by atoms with van der Waals surface area (Å²) in [5, 5.41) is 20.1. The smallest absolute Gasteiger partial charge is 0.237 e. The number of carbonyl (C=O) groups is 2. The van der Waals surface area contributed by atoms with Crippen LogP contribution in [0.3, 0.4) is 0 Å². The van der Waals surface area contributed by atoms with Crippen molar-refractivity contribution in [3.05, 3.63) is 29.8 Å². The van der Waals surface area contributed by atoms with Gasteiger partial charge in [-0.25, -0.2) is 0 Å². The molecule has 1 N–H and O–H groups in total. The maximum atomic E-state index is 12.4. The monoisotopic (exact) mass is 387 g/mol. The Hall–Kier alpha value is -2.44. The lowest BCUT2D eigenvalue weighted by molar-refractivity contribution is -0.117. The van der Waals surface area contributed by atoms with Gasteiger partial charge in [-0.15, -0.1) is 10.2 Å². The quantitative estimate of drug-likeness (QED) is 0.604. The standard InChI is InChI=1S/C17H17N5O2S2/c1-10(15(24)19-13-5-3-4-12(8-13)9-18)25-17-21-20-16(26-17)22(11(2)23)14-6-7-14/h3-5,8,10,14H,6-7H2,1-2H3,(H,19,24). The first-order valence-electron chi connectivity index (χ1n) is 8.09. The summed E-state index contributed by atoms with van der Waals surface area (Å²) in [6.07, 6.45) is 1.98. The van der Waals surface area contributed by atoms with Crippen LogP contribution in [-0.2, 0) is 9.59 Å². The van der Waals surface area contributed by atoms with Gasteiger partial charge in [-0.05, 0) is 38.0 Å². The molecule has 1 aromatic carbocycles. The maximum absolute atomic E-state index is 12.4. The molecule has 0 spiro atoms. The van der Waals surface area contributed by atoms with Crippen LogP contribution in [0, 0.1) is 11.3 Å². The van der Waals surface area contributed by atoms with E-state index >= 15 is 0 Å². The van der Waals surface area contributed by atoms with E-state index < -0.39 is 5.25 Å². The fourth-order valence-electron chi connectivity index (χ4n) is 2.34. The number of anilines is 2. The van der Waals surface area contributed by atoms with Crippen molar-refractivity contribution >= 4 is 45.7 Å². The van der Waals surface area contributed by atoms with Crippen LogP contribution in [0.25, 0.3) is 0 Å². The van der Waals surface area contributed by atoms with Gasteiger partial charge in [0, 0.05) is 18.7 Å². The third kappa shape index (κ3) is 4.39. The number of nitrogens with one attached hydrogen (secondary N) is 1. The molecule has 1 aliphatic carbocycles. The Labute approximate surface area is 159 Å². The first kappa shape index (κ1) is 18.4. The van der Waals surface area contributed by atoms with Crippen molar-refractivity contribution in [1.29, 1.82) is 5.26 Å². The minimum atomic E-state index is -0.395. The van der Waals surface area contributed by atoms with E-state index in [1.165, 1.54) is 30.0 Å². The molecule has 2 aromatic rings. The van der Waals surface area contributed by atoms with Crippen molar-refractivity contribution in [3.8, 4) is 6.07 Å². The lowest BCUT2D eigenvalue weighted by Gasteiger charge is -2.15. The maximum Gasteiger partial charge on any atom is 0.237 e. The van der Waals surface area contributed by atoms with Crippen LogP contribution in [-0.4, -0.2) is 33.3 Å². The van der Waals surface area contributed by atoms with Crippen LogP contribution in [0.2, 0.25) is 0 Å². The van der Waals surface area contributed by atoms with Crippen molar-refractivity contribution < 1.29 is 9.59 Å². The van der Waals surface area contributed by atoms with Crippen molar-refractivity contribution in [2.75, 3.05) is 10.2 Å². The second-order valence-electron chi connectivity index (χ2n) is 5.91. The van der Waals surface area contributed by atoms with Gasteiger partial charge in [-0.2, -0.15) is 5.26 Å². The summed E-state index contributed by atoms with van der Waals surface area (Å²) >= 11 is 2.61. The second-order valence-corrected chi connectivity index (χ2v) is 8.46. The third-order valence-corrected chi connectivity index (χ3v) is 5.87. The van der Waals surface area contributed by atoms with Gasteiger partial charge < -0.3 is 5.32 Å². The normalized spacial score (nSPS) is 14.3. The summed E-state index contributed by atoms with van der Waals surface area (Å²) in [5.41, 5.74) is 1.07. The van der Waals surface area contributed by atoms with Gasteiger partial charge in [0.05, 0.1) is 16.9 Å². The summed E-state index contributed by atoms with van der Waals surface area (Å²) in [7, 11) is 0. The van der Waals surface area contributed by atoms with Gasteiger partial charge >= 0.3 is 0 Å². The molecule has 7 nitrogen and oxygen atoms in total. The Bertz CT molecular complexity index is 872. The van der Waals surface area contributed by atoms with Gasteiger partial charge in [0.2, 0.25) is 16.9 Å². The van der Waals surface area contributed by atoms with Crippen LogP contribution in [0.4, 0.5) is 10.8 Å². The molecule has 1 fully saturated rings. The third-order valence-electron chi connectivity index (χ3n) is 3.76. The highest BCUT2D eigenvalue weighted by Crippen LogP contribution is 2.36. The zero-order valence-electron chi connectivity index (χ0n) is 14.3. The Morgan fingerprint density at radius 2 is 2.19 bits per heavy atom. The largest absolute Gasteiger partial charge is 0.325 e. The molecule has 1 aliphatic rings. The topological polar surface area (TPSA) is 99.0 Å². The van der Waals surface area contributed by atoms with Gasteiger partial charge in [0.25, 0.3) is 0 Å². The van der Waals surface area contributed by atoms with Crippen molar-refractivity contribution in [1.82, 2.24) is 10.2 Å². The Morgan fingerprint density at radius 3 is 2.85 bits per heavy atom. The average Bonchev–Trinajstić information content (AvgIpc) is 3.34. The van der Waals surface area contributed by atoms with E-state index in [1.54, 1.807) is 36.1 Å². The highest BCUT2D eigenvalue weighted by atomic mass is 32.2. The molecular formula is C17H17N5O2S2. The molecule has 0 saturated heterocycles. The highest BCUT2D eigenvalue weighted by molar-refractivity contribution is 8.02. The highest BCUT2D eigenvalue weighted by Gasteiger charge is 2.34. The Kier molecular flexibility index (Phi) is 5.54. The molecule has 1 aromatic heterocycles. The van der Waals surface area contributed by atoms with E-state index in [0.717, 1.165) is 12.8 Å². The number of nitriles is 1. The van der Waals surface area contributed by atoms with E-state index in [9.17, 15) is 9.59 Å². The minimum Gasteiger partial charge on any atom is -0.325 e. The predicted molar refractivity (Wildman–Crippen MR) is 101 cm³/mol. The zero-order valence-corrected chi connectivity index (χ0v) is 15.9. The zero-order chi connectivity index (χ0) is 18.7. The van der Waals surface area contributed by atoms with E-state index in [2.05, 4.69) is 15.5 Å². The lowest BCUT2D eigenvalue weighted by atomic mass is 10.2. The van der Waals surface area contributed by atoms with Gasteiger partial charge in [-0.3, -0.25) is 14.5 Å². The van der Waals surface area contributed by atoms with Crippen LogP contribution in [0.15, 0.2) is 28.6 Å². The Morgan fingerprint density at radius 1 is 1.42 bits per heavy atom. The molecule has 0 radical (unpaired) electrons. The molecule has 3 rings (SSSR count). The molecule has 134 valence electrons. The van der Waals surface area contributed by atoms with Crippen molar-refractivity contribution in [3.63, 3.8) is 0 Å². The number of hydrogen-bond donors (Lipinski definition) is 1. The number of benzene rings is 1. The van der Waals surface area contributed by atoms with Crippen LogP contribution < -0.4 is 10.2 Å². The molecule has 0 bridgehead atoms. The fraction of sp³-hybridized carbons (Fsp3) is 0.353. The number of hydrogen-bond acceptors (Lipinski definition) is 7. The molecule has 2 amide bonds. The van der Waals surface area contributed by atoms with Crippen molar-refractivity contribution in [2.24, 2.45) is 0 Å². The van der Waals surface area contributed by atoms with Gasteiger partial charge in [0.15, 0.2) is 4.34 Å². The fourth-order valence-corrected chi connectivity index (χ4v) is 4.44. The summed E-state index contributed by atoms with van der Waals surface area (Å²) < 4.78 is 0.639. The SMILES string of the molecule is CC(=O)N(c1nnc(SC(C)C(=O)Nc2cccc(C#N)c2)s1)C1CC1. The van der Waals surface area contributed by atoms with Crippen LogP contribution >= 0.6 is 23.1 Å². The number of aromatic nitrogens is 2. The van der Waals surface area contributed by atoms with E-state index in [-0.39, 0.29) is 17.9 Å². The molecule has 1 unspecified atom stereocenters. The first-order chi connectivity index (χ1) is 12.5. The van der Waals surface area contributed by atoms with E-state index in [0.29, 0.717) is 20.7 Å². The summed E-state index contributed by atoms with van der Waals surface area (Å²) in [4.78, 5) is 25.8. The average molecular weight is 387 g/mol. The number of nitrogens with zero attached hydrogens (tertiary/aromatic N) is 4. The van der Waals surface area contributed by atoms with E-state index in [4.69, 9.17) is 5.26 Å². The minimum absolute atomic E-state index is 0.0385. The first-order valence-corrected chi connectivity index (χ1v) is 9.78. The lowest BCUT2D eigenvalue weighted by Crippen LogP contribution is -2.30. The molecule has 0 aliphatic heterocycles. The van der Waals surface area contributed by atoms with Crippen molar-refractivity contribution in [2.45, 2.75) is 42.3 Å². The van der Waals surface area contributed by atoms with Gasteiger partial charge in [-0.1, -0.05) is 29.2 Å². The molecule has 26 heavy (non-hydrogen) atoms. The molecule has 1 heterocycles. The molecule has 1 saturated carbocycles.